The molecule has 0 spiro atoms. The quantitative estimate of drug-likeness (QED) is 0.525. The number of azo groups is 1. The minimum absolute atomic E-state index is 0.351. The van der Waals surface area contributed by atoms with E-state index in [1.165, 1.54) is 12.5 Å². The van der Waals surface area contributed by atoms with Crippen molar-refractivity contribution < 1.29 is 4.79 Å². The van der Waals surface area contributed by atoms with Gasteiger partial charge >= 0.3 is 0 Å². The van der Waals surface area contributed by atoms with Gasteiger partial charge in [-0.2, -0.15) is 10.1 Å². The van der Waals surface area contributed by atoms with E-state index in [-0.39, 0.29) is 5.91 Å². The molecule has 0 aliphatic carbocycles. The molecule has 0 saturated heterocycles. The zero-order chi connectivity index (χ0) is 9.54. The molecule has 6 nitrogen and oxygen atoms in total. The van der Waals surface area contributed by atoms with Crippen molar-refractivity contribution in [1.29, 1.82) is 0 Å². The van der Waals surface area contributed by atoms with Crippen LogP contribution < -0.4 is 10.7 Å². The number of nitrogens with zero attached hydrogens (tertiary/aromatic N) is 5. The molecule has 6 heteroatoms. The summed E-state index contributed by atoms with van der Waals surface area (Å²) in [5, 5.41) is 8.16. The van der Waals surface area contributed by atoms with E-state index in [4.69, 9.17) is 0 Å². The van der Waals surface area contributed by atoms with Crippen LogP contribution in [-0.2, 0) is 4.79 Å². The van der Waals surface area contributed by atoms with Gasteiger partial charge in [0, 0.05) is 6.20 Å². The van der Waals surface area contributed by atoms with Gasteiger partial charge in [0.15, 0.2) is 5.49 Å². The minimum Gasteiger partial charge on any atom is -0.267 e. The summed E-state index contributed by atoms with van der Waals surface area (Å²) in [6, 6.07) is 0. The predicted molar refractivity (Wildman–Crippen MR) is 44.2 cm³/mol. The second-order valence-electron chi connectivity index (χ2n) is 2.78. The maximum Gasteiger partial charge on any atom is 0.282 e. The number of rotatable bonds is 0. The molecule has 0 bridgehead atoms. The van der Waals surface area contributed by atoms with Crippen molar-refractivity contribution >= 4 is 11.6 Å². The molecule has 2 aliphatic rings. The van der Waals surface area contributed by atoms with Crippen molar-refractivity contribution in [3.8, 4) is 0 Å². The van der Waals surface area contributed by atoms with Crippen molar-refractivity contribution in [2.24, 2.45) is 15.2 Å². The van der Waals surface area contributed by atoms with Gasteiger partial charge in [0.1, 0.15) is 12.0 Å². The topological polar surface area (TPSA) is 79.9 Å². The first-order valence-electron chi connectivity index (χ1n) is 3.91. The fourth-order valence-corrected chi connectivity index (χ4v) is 1.35. The lowest BCUT2D eigenvalue weighted by Crippen LogP contribution is -2.35. The summed E-state index contributed by atoms with van der Waals surface area (Å²) in [7, 11) is 0. The molecule has 66 valence electrons. The van der Waals surface area contributed by atoms with Crippen LogP contribution in [0.1, 0.15) is 0 Å². The van der Waals surface area contributed by atoms with Gasteiger partial charge in [-0.1, -0.05) is 0 Å². The van der Waals surface area contributed by atoms with Crippen LogP contribution in [0, 0.1) is 0 Å². The van der Waals surface area contributed by atoms with Gasteiger partial charge in [0.25, 0.3) is 5.91 Å². The number of hydrogen-bond acceptors (Lipinski definition) is 5. The van der Waals surface area contributed by atoms with E-state index in [0.717, 1.165) is 0 Å². The van der Waals surface area contributed by atoms with Crippen molar-refractivity contribution in [1.82, 2.24) is 9.97 Å². The van der Waals surface area contributed by atoms with Gasteiger partial charge in [0.2, 0.25) is 0 Å². The summed E-state index contributed by atoms with van der Waals surface area (Å²) in [5.41, 5.74) is 1.28. The Morgan fingerprint density at radius 2 is 2.21 bits per heavy atom. The molecule has 2 aliphatic heterocycles. The van der Waals surface area contributed by atoms with Crippen molar-refractivity contribution in [2.45, 2.75) is 0 Å². The highest BCUT2D eigenvalue weighted by atomic mass is 16.1. The number of aromatic nitrogens is 2. The number of carbonyl (C=O) groups excluding carboxylic acids is 1. The molecule has 1 aromatic heterocycles. The van der Waals surface area contributed by atoms with Crippen LogP contribution in [-0.4, -0.2) is 15.9 Å². The lowest BCUT2D eigenvalue weighted by Gasteiger charge is -2.01. The molecule has 1 aromatic rings. The monoisotopic (exact) mass is 185 g/mol. The van der Waals surface area contributed by atoms with E-state index in [0.29, 0.717) is 22.0 Å². The average Bonchev–Trinajstić information content (AvgIpc) is 2.67. The average molecular weight is 185 g/mol. The van der Waals surface area contributed by atoms with Crippen molar-refractivity contribution in [3.05, 3.63) is 35.0 Å². The third-order valence-corrected chi connectivity index (χ3v) is 1.98. The summed E-state index contributed by atoms with van der Waals surface area (Å²) in [4.78, 5) is 22.9. The maximum atomic E-state index is 11.4. The van der Waals surface area contributed by atoms with Crippen LogP contribution >= 0.6 is 0 Å². The van der Waals surface area contributed by atoms with Gasteiger partial charge in [0.05, 0.1) is 17.0 Å². The van der Waals surface area contributed by atoms with Crippen LogP contribution in [0.2, 0.25) is 0 Å². The van der Waals surface area contributed by atoms with Crippen molar-refractivity contribution in [3.63, 3.8) is 0 Å². The van der Waals surface area contributed by atoms with Crippen LogP contribution in [0.25, 0.3) is 5.70 Å². The third kappa shape index (κ3) is 0.792. The Labute approximate surface area is 77.4 Å². The Morgan fingerprint density at radius 3 is 3.14 bits per heavy atom. The molecule has 14 heavy (non-hydrogen) atoms. The molecule has 0 atom stereocenters. The summed E-state index contributed by atoms with van der Waals surface area (Å²) < 4.78 is 0. The highest BCUT2D eigenvalue weighted by Crippen LogP contribution is 2.20. The molecule has 0 aromatic carbocycles. The Hall–Kier alpha value is -2.24. The Balaban J connectivity index is 2.57. The summed E-state index contributed by atoms with van der Waals surface area (Å²) in [6.07, 6.45) is 4.32. The van der Waals surface area contributed by atoms with Gasteiger partial charge < -0.3 is 0 Å². The van der Waals surface area contributed by atoms with Gasteiger partial charge in [-0.05, 0) is 0 Å². The molecule has 3 heterocycles. The first kappa shape index (κ1) is 7.19. The van der Waals surface area contributed by atoms with E-state index in [1.807, 2.05) is 0 Å². The summed E-state index contributed by atoms with van der Waals surface area (Å²) >= 11 is 0. The van der Waals surface area contributed by atoms with Crippen molar-refractivity contribution in [2.75, 3.05) is 0 Å². The van der Waals surface area contributed by atoms with Gasteiger partial charge in [-0.25, -0.2) is 9.97 Å². The van der Waals surface area contributed by atoms with Gasteiger partial charge in [-0.3, -0.25) is 4.79 Å². The standard InChI is InChI=1S/C8H3N5O/c14-8-5-2-11-13-6(5)4-1-9-3-10-7(4)12-8/h1-3H. The normalized spacial score (nSPS) is 17.3. The largest absolute Gasteiger partial charge is 0.282 e. The molecular weight excluding hydrogens is 182 g/mol. The molecule has 0 unspecified atom stereocenters. The highest BCUT2D eigenvalue weighted by Gasteiger charge is 2.22. The first-order valence-corrected chi connectivity index (χ1v) is 3.91. The number of carbonyl (C=O) groups is 1. The molecule has 1 amide bonds. The van der Waals surface area contributed by atoms with Crippen LogP contribution in [0.3, 0.4) is 0 Å². The van der Waals surface area contributed by atoms with Gasteiger partial charge in [-0.15, -0.1) is 5.11 Å². The smallest absolute Gasteiger partial charge is 0.267 e. The zero-order valence-electron chi connectivity index (χ0n) is 6.88. The maximum absolute atomic E-state index is 11.4. The second kappa shape index (κ2) is 2.38. The molecule has 0 fully saturated rings. The van der Waals surface area contributed by atoms with Crippen LogP contribution in [0.4, 0.5) is 0 Å². The van der Waals surface area contributed by atoms with E-state index < -0.39 is 0 Å². The number of hydrogen-bond donors (Lipinski definition) is 0. The molecule has 0 saturated carbocycles. The molecular formula is C8H3N5O. The zero-order valence-corrected chi connectivity index (χ0v) is 6.88. The molecule has 0 radical (unpaired) electrons. The number of fused-ring (bicyclic) bond motifs is 2. The summed E-state index contributed by atoms with van der Waals surface area (Å²) in [6.45, 7) is 0. The fourth-order valence-electron chi connectivity index (χ4n) is 1.35. The Morgan fingerprint density at radius 1 is 1.29 bits per heavy atom. The Kier molecular flexibility index (Phi) is 1.22. The number of amides is 1. The molecule has 0 N–H and O–H groups in total. The lowest BCUT2D eigenvalue weighted by atomic mass is 10.1. The van der Waals surface area contributed by atoms with Crippen LogP contribution in [0.5, 0.6) is 0 Å². The highest BCUT2D eigenvalue weighted by molar-refractivity contribution is 6.07. The fraction of sp³-hybridized carbons (Fsp3) is 0. The third-order valence-electron chi connectivity index (χ3n) is 1.98. The first-order chi connectivity index (χ1) is 6.86. The second-order valence-corrected chi connectivity index (χ2v) is 2.78. The van der Waals surface area contributed by atoms with E-state index >= 15 is 0 Å². The van der Waals surface area contributed by atoms with E-state index in [9.17, 15) is 4.79 Å². The lowest BCUT2D eigenvalue weighted by molar-refractivity contribution is -0.114. The minimum atomic E-state index is -0.351. The SMILES string of the molecule is O=C1N=c2ncncc2=C2N=NC=C12. The Bertz CT molecular complexity index is 613. The van der Waals surface area contributed by atoms with E-state index in [2.05, 4.69) is 25.2 Å². The van der Waals surface area contributed by atoms with E-state index in [1.54, 1.807) is 6.20 Å². The summed E-state index contributed by atoms with van der Waals surface area (Å²) in [5.74, 6) is -0.351. The molecule has 3 rings (SSSR count). The predicted octanol–water partition coefficient (Wildman–Crippen LogP) is -0.906. The van der Waals surface area contributed by atoms with Crippen LogP contribution in [0.15, 0.2) is 39.5 Å².